The number of hydrogen-bond acceptors (Lipinski definition) is 3. The highest BCUT2D eigenvalue weighted by Crippen LogP contribution is 2.19. The van der Waals surface area contributed by atoms with Crippen molar-refractivity contribution in [2.24, 2.45) is 0 Å². The van der Waals surface area contributed by atoms with Gasteiger partial charge in [-0.1, -0.05) is 30.4 Å². The lowest BCUT2D eigenvalue weighted by atomic mass is 10.0. The highest BCUT2D eigenvalue weighted by atomic mass is 16.5. The van der Waals surface area contributed by atoms with E-state index >= 15 is 0 Å². The van der Waals surface area contributed by atoms with Gasteiger partial charge >= 0.3 is 5.97 Å². The van der Waals surface area contributed by atoms with E-state index in [-0.39, 0.29) is 0 Å². The Labute approximate surface area is 89.0 Å². The smallest absolute Gasteiger partial charge is 0.339 e. The van der Waals surface area contributed by atoms with Gasteiger partial charge in [-0.25, -0.2) is 4.79 Å². The summed E-state index contributed by atoms with van der Waals surface area (Å²) in [5, 5.41) is 9.59. The fraction of sp³-hybridized carbons (Fsp3) is 0.250. The number of carbonyl (C=O) groups excluding carboxylic acids is 1. The molecule has 1 rings (SSSR count). The van der Waals surface area contributed by atoms with E-state index in [1.165, 1.54) is 7.11 Å². The van der Waals surface area contributed by atoms with E-state index in [1.807, 2.05) is 13.0 Å². The largest absolute Gasteiger partial charge is 0.467 e. The average molecular weight is 206 g/mol. The second-order valence-electron chi connectivity index (χ2n) is 3.33. The van der Waals surface area contributed by atoms with Gasteiger partial charge in [0.2, 0.25) is 0 Å². The molecule has 0 aliphatic heterocycles. The van der Waals surface area contributed by atoms with Crippen LogP contribution in [-0.4, -0.2) is 18.2 Å². The van der Waals surface area contributed by atoms with Crippen LogP contribution in [0.3, 0.4) is 0 Å². The molecule has 0 aromatic heterocycles. The molecule has 15 heavy (non-hydrogen) atoms. The van der Waals surface area contributed by atoms with Crippen molar-refractivity contribution in [2.45, 2.75) is 13.0 Å². The summed E-state index contributed by atoms with van der Waals surface area (Å²) < 4.78 is 4.46. The zero-order valence-corrected chi connectivity index (χ0v) is 8.86. The summed E-state index contributed by atoms with van der Waals surface area (Å²) in [6.45, 7) is 5.66. The van der Waals surface area contributed by atoms with Crippen LogP contribution < -0.4 is 0 Å². The van der Waals surface area contributed by atoms with Crippen LogP contribution in [0.25, 0.3) is 5.57 Å². The summed E-state index contributed by atoms with van der Waals surface area (Å²) in [5.74, 6) is -0.658. The minimum atomic E-state index is -1.23. The molecule has 1 aromatic carbocycles. The quantitative estimate of drug-likeness (QED) is 0.768. The molecule has 0 saturated heterocycles. The van der Waals surface area contributed by atoms with Crippen molar-refractivity contribution in [2.75, 3.05) is 7.11 Å². The molecule has 0 heterocycles. The zero-order chi connectivity index (χ0) is 11.4. The standard InChI is InChI=1S/C12H14O3/c1-8(2)9-5-4-6-10(7-9)11(13)12(14)15-3/h4-7,11,13H,1H2,2-3H3. The summed E-state index contributed by atoms with van der Waals surface area (Å²) >= 11 is 0. The van der Waals surface area contributed by atoms with E-state index in [2.05, 4.69) is 11.3 Å². The highest BCUT2D eigenvalue weighted by molar-refractivity contribution is 5.76. The van der Waals surface area contributed by atoms with Crippen molar-refractivity contribution in [3.8, 4) is 0 Å². The van der Waals surface area contributed by atoms with Crippen molar-refractivity contribution >= 4 is 11.5 Å². The molecule has 1 aromatic rings. The van der Waals surface area contributed by atoms with Gasteiger partial charge in [-0.3, -0.25) is 0 Å². The third kappa shape index (κ3) is 2.67. The molecule has 3 nitrogen and oxygen atoms in total. The molecule has 0 saturated carbocycles. The lowest BCUT2D eigenvalue weighted by molar-refractivity contribution is -0.150. The Kier molecular flexibility index (Phi) is 3.63. The summed E-state index contributed by atoms with van der Waals surface area (Å²) in [4.78, 5) is 11.1. The van der Waals surface area contributed by atoms with Crippen molar-refractivity contribution in [3.63, 3.8) is 0 Å². The highest BCUT2D eigenvalue weighted by Gasteiger charge is 2.17. The SMILES string of the molecule is C=C(C)c1cccc(C(O)C(=O)OC)c1. The minimum Gasteiger partial charge on any atom is -0.467 e. The lowest BCUT2D eigenvalue weighted by Crippen LogP contribution is -2.13. The molecule has 0 amide bonds. The van der Waals surface area contributed by atoms with E-state index in [9.17, 15) is 9.90 Å². The Morgan fingerprint density at radius 1 is 1.53 bits per heavy atom. The van der Waals surface area contributed by atoms with E-state index in [0.717, 1.165) is 11.1 Å². The summed E-state index contributed by atoms with van der Waals surface area (Å²) in [7, 11) is 1.24. The fourth-order valence-corrected chi connectivity index (χ4v) is 1.22. The minimum absolute atomic E-state index is 0.516. The van der Waals surface area contributed by atoms with Gasteiger partial charge < -0.3 is 9.84 Å². The fourth-order valence-electron chi connectivity index (χ4n) is 1.22. The van der Waals surface area contributed by atoms with Crippen LogP contribution >= 0.6 is 0 Å². The second-order valence-corrected chi connectivity index (χ2v) is 3.33. The first kappa shape index (κ1) is 11.5. The zero-order valence-electron chi connectivity index (χ0n) is 8.86. The maximum atomic E-state index is 11.1. The van der Waals surface area contributed by atoms with Crippen LogP contribution in [0.2, 0.25) is 0 Å². The van der Waals surface area contributed by atoms with Crippen molar-refractivity contribution < 1.29 is 14.6 Å². The molecule has 1 N–H and O–H groups in total. The van der Waals surface area contributed by atoms with Gasteiger partial charge in [-0.15, -0.1) is 0 Å². The molecule has 1 atom stereocenters. The van der Waals surface area contributed by atoms with Gasteiger partial charge in [0.15, 0.2) is 6.10 Å². The number of hydrogen-bond donors (Lipinski definition) is 1. The van der Waals surface area contributed by atoms with Gasteiger partial charge in [-0.2, -0.15) is 0 Å². The number of allylic oxidation sites excluding steroid dienone is 1. The van der Waals surface area contributed by atoms with E-state index in [4.69, 9.17) is 0 Å². The second kappa shape index (κ2) is 4.75. The first-order valence-electron chi connectivity index (χ1n) is 4.58. The number of esters is 1. The molecule has 0 spiro atoms. The number of methoxy groups -OCH3 is 1. The van der Waals surface area contributed by atoms with Crippen LogP contribution in [-0.2, 0) is 9.53 Å². The first-order valence-corrected chi connectivity index (χ1v) is 4.58. The Hall–Kier alpha value is -1.61. The molecule has 1 unspecified atom stereocenters. The van der Waals surface area contributed by atoms with Crippen molar-refractivity contribution in [3.05, 3.63) is 42.0 Å². The normalized spacial score (nSPS) is 11.9. The van der Waals surface area contributed by atoms with Crippen LogP contribution in [0.1, 0.15) is 24.2 Å². The molecule has 0 bridgehead atoms. The number of ether oxygens (including phenoxy) is 1. The first-order chi connectivity index (χ1) is 7.06. The van der Waals surface area contributed by atoms with Gasteiger partial charge in [0, 0.05) is 0 Å². The van der Waals surface area contributed by atoms with Crippen molar-refractivity contribution in [1.82, 2.24) is 0 Å². The van der Waals surface area contributed by atoms with E-state index < -0.39 is 12.1 Å². The third-order valence-electron chi connectivity index (χ3n) is 2.12. The molecule has 0 radical (unpaired) electrons. The number of aliphatic hydroxyl groups is 1. The molecule has 80 valence electrons. The van der Waals surface area contributed by atoms with Crippen molar-refractivity contribution in [1.29, 1.82) is 0 Å². The molecular formula is C12H14O3. The van der Waals surface area contributed by atoms with Crippen LogP contribution in [0, 0.1) is 0 Å². The Morgan fingerprint density at radius 2 is 2.20 bits per heavy atom. The summed E-state index contributed by atoms with van der Waals surface area (Å²) in [5.41, 5.74) is 2.30. The Balaban J connectivity index is 3.00. The Bertz CT molecular complexity index is 382. The van der Waals surface area contributed by atoms with E-state index in [1.54, 1.807) is 18.2 Å². The average Bonchev–Trinajstić information content (AvgIpc) is 2.27. The van der Waals surface area contributed by atoms with Gasteiger partial charge in [-0.05, 0) is 24.1 Å². The van der Waals surface area contributed by atoms with Crippen LogP contribution in [0.4, 0.5) is 0 Å². The third-order valence-corrected chi connectivity index (χ3v) is 2.12. The molecule has 0 aliphatic rings. The monoisotopic (exact) mass is 206 g/mol. The van der Waals surface area contributed by atoms with Gasteiger partial charge in [0.1, 0.15) is 0 Å². The summed E-state index contributed by atoms with van der Waals surface area (Å²) in [6, 6.07) is 7.04. The topological polar surface area (TPSA) is 46.5 Å². The molecular weight excluding hydrogens is 192 g/mol. The molecule has 0 aliphatic carbocycles. The maximum absolute atomic E-state index is 11.1. The Morgan fingerprint density at radius 3 is 2.73 bits per heavy atom. The number of benzene rings is 1. The number of rotatable bonds is 3. The van der Waals surface area contributed by atoms with Crippen LogP contribution in [0.5, 0.6) is 0 Å². The van der Waals surface area contributed by atoms with E-state index in [0.29, 0.717) is 5.56 Å². The number of aliphatic hydroxyl groups excluding tert-OH is 1. The maximum Gasteiger partial charge on any atom is 0.339 e. The summed E-state index contributed by atoms with van der Waals surface area (Å²) in [6.07, 6.45) is -1.23. The molecule has 3 heteroatoms. The molecule has 0 fully saturated rings. The number of carbonyl (C=O) groups is 1. The van der Waals surface area contributed by atoms with Gasteiger partial charge in [0.25, 0.3) is 0 Å². The van der Waals surface area contributed by atoms with Crippen LogP contribution in [0.15, 0.2) is 30.8 Å². The predicted octanol–water partition coefficient (Wildman–Crippen LogP) is 1.93. The lowest BCUT2D eigenvalue weighted by Gasteiger charge is -2.09. The predicted molar refractivity (Wildman–Crippen MR) is 58.1 cm³/mol. The van der Waals surface area contributed by atoms with Gasteiger partial charge in [0.05, 0.1) is 7.11 Å².